The highest BCUT2D eigenvalue weighted by atomic mass is 32.1. The number of thiocarbonyl (C=S) groups is 1. The fraction of sp³-hybridized carbons (Fsp3) is 0.462. The van der Waals surface area contributed by atoms with E-state index in [4.69, 9.17) is 22.1 Å². The van der Waals surface area contributed by atoms with Crippen LogP contribution in [0.2, 0.25) is 0 Å². The summed E-state index contributed by atoms with van der Waals surface area (Å²) in [7, 11) is 0. The lowest BCUT2D eigenvalue weighted by atomic mass is 10.2. The van der Waals surface area contributed by atoms with Gasteiger partial charge in [-0.3, -0.25) is 0 Å². The molecule has 4 nitrogen and oxygen atoms in total. The average Bonchev–Trinajstić information content (AvgIpc) is 2.38. The van der Waals surface area contributed by atoms with Gasteiger partial charge in [-0.1, -0.05) is 6.92 Å². The molecule has 0 radical (unpaired) electrons. The largest absolute Gasteiger partial charge is 0.494 e. The number of rotatable bonds is 6. The number of aliphatic hydroxyl groups excluding tert-OH is 1. The minimum Gasteiger partial charge on any atom is -0.494 e. The van der Waals surface area contributed by atoms with Crippen LogP contribution in [0.25, 0.3) is 0 Å². The third-order valence-electron chi connectivity index (χ3n) is 2.47. The molecule has 0 fully saturated rings. The van der Waals surface area contributed by atoms with Crippen LogP contribution >= 0.6 is 12.2 Å². The normalized spacial score (nSPS) is 11.7. The molecule has 0 aliphatic carbocycles. The van der Waals surface area contributed by atoms with Gasteiger partial charge < -0.3 is 20.5 Å². The minimum atomic E-state index is -0.00676. The number of nitrogens with one attached hydrogen (secondary N) is 2. The molecule has 1 atom stereocenters. The van der Waals surface area contributed by atoms with Crippen LogP contribution in [0.1, 0.15) is 20.3 Å². The summed E-state index contributed by atoms with van der Waals surface area (Å²) in [4.78, 5) is 0. The van der Waals surface area contributed by atoms with Crippen LogP contribution in [0.3, 0.4) is 0 Å². The molecular formula is C13H20N2O2S. The van der Waals surface area contributed by atoms with E-state index in [2.05, 4.69) is 10.6 Å². The van der Waals surface area contributed by atoms with Gasteiger partial charge in [-0.15, -0.1) is 0 Å². The molecule has 0 aliphatic rings. The topological polar surface area (TPSA) is 53.5 Å². The summed E-state index contributed by atoms with van der Waals surface area (Å²) in [6.45, 7) is 4.67. The minimum absolute atomic E-state index is 0.00676. The first-order valence-corrected chi connectivity index (χ1v) is 6.51. The van der Waals surface area contributed by atoms with Crippen molar-refractivity contribution in [2.24, 2.45) is 0 Å². The van der Waals surface area contributed by atoms with E-state index in [1.165, 1.54) is 0 Å². The highest BCUT2D eigenvalue weighted by Crippen LogP contribution is 2.15. The van der Waals surface area contributed by atoms with E-state index in [1.807, 2.05) is 38.1 Å². The smallest absolute Gasteiger partial charge is 0.171 e. The second-order valence-corrected chi connectivity index (χ2v) is 4.25. The Labute approximate surface area is 113 Å². The average molecular weight is 268 g/mol. The third kappa shape index (κ3) is 4.89. The van der Waals surface area contributed by atoms with E-state index in [9.17, 15) is 0 Å². The molecule has 1 rings (SSSR count). The van der Waals surface area contributed by atoms with Crippen molar-refractivity contribution in [3.8, 4) is 5.75 Å². The maximum absolute atomic E-state index is 9.07. The zero-order valence-corrected chi connectivity index (χ0v) is 11.6. The summed E-state index contributed by atoms with van der Waals surface area (Å²) in [5.74, 6) is 0.837. The van der Waals surface area contributed by atoms with Crippen molar-refractivity contribution >= 4 is 23.0 Å². The second-order valence-electron chi connectivity index (χ2n) is 3.84. The van der Waals surface area contributed by atoms with Crippen LogP contribution in [0, 0.1) is 0 Å². The molecule has 0 bridgehead atoms. The van der Waals surface area contributed by atoms with Gasteiger partial charge in [-0.2, -0.15) is 0 Å². The Bertz CT molecular complexity index is 364. The fourth-order valence-corrected chi connectivity index (χ4v) is 1.72. The quantitative estimate of drug-likeness (QED) is 0.690. The Morgan fingerprint density at radius 1 is 1.33 bits per heavy atom. The molecule has 0 heterocycles. The van der Waals surface area contributed by atoms with Gasteiger partial charge in [-0.05, 0) is 49.8 Å². The van der Waals surface area contributed by atoms with Crippen molar-refractivity contribution < 1.29 is 9.84 Å². The van der Waals surface area contributed by atoms with E-state index in [1.54, 1.807) is 0 Å². The van der Waals surface area contributed by atoms with Gasteiger partial charge in [-0.25, -0.2) is 0 Å². The van der Waals surface area contributed by atoms with Crippen molar-refractivity contribution in [1.82, 2.24) is 5.32 Å². The molecule has 100 valence electrons. The molecular weight excluding hydrogens is 248 g/mol. The number of aliphatic hydroxyl groups is 1. The van der Waals surface area contributed by atoms with Crippen molar-refractivity contribution in [2.45, 2.75) is 26.3 Å². The van der Waals surface area contributed by atoms with Crippen LogP contribution in [0.5, 0.6) is 5.75 Å². The Balaban J connectivity index is 2.48. The molecule has 5 heteroatoms. The van der Waals surface area contributed by atoms with E-state index >= 15 is 0 Å². The maximum atomic E-state index is 9.07. The predicted octanol–water partition coefficient (Wildman–Crippen LogP) is 2.14. The number of hydrogen-bond donors (Lipinski definition) is 3. The first-order valence-electron chi connectivity index (χ1n) is 6.10. The predicted molar refractivity (Wildman–Crippen MR) is 78.1 cm³/mol. The van der Waals surface area contributed by atoms with Gasteiger partial charge in [0, 0.05) is 5.69 Å². The lowest BCUT2D eigenvalue weighted by molar-refractivity contribution is 0.253. The van der Waals surface area contributed by atoms with E-state index in [0.717, 1.165) is 17.9 Å². The summed E-state index contributed by atoms with van der Waals surface area (Å²) < 4.78 is 5.36. The van der Waals surface area contributed by atoms with Crippen molar-refractivity contribution in [3.63, 3.8) is 0 Å². The van der Waals surface area contributed by atoms with Crippen LogP contribution in [-0.2, 0) is 0 Å². The molecule has 0 unspecified atom stereocenters. The molecule has 0 saturated carbocycles. The molecule has 0 saturated heterocycles. The summed E-state index contributed by atoms with van der Waals surface area (Å²) in [5, 5.41) is 15.7. The Morgan fingerprint density at radius 2 is 2.00 bits per heavy atom. The van der Waals surface area contributed by atoms with Crippen molar-refractivity contribution in [3.05, 3.63) is 24.3 Å². The highest BCUT2D eigenvalue weighted by Gasteiger charge is 2.06. The molecule has 1 aromatic carbocycles. The van der Waals surface area contributed by atoms with E-state index < -0.39 is 0 Å². The standard InChI is InChI=1S/C13H20N2O2S/c1-3-10(9-16)14-13(18)15-11-5-7-12(8-6-11)17-4-2/h5-8,10,16H,3-4,9H2,1-2H3,(H2,14,15,18)/t10-/m0/s1. The summed E-state index contributed by atoms with van der Waals surface area (Å²) in [6, 6.07) is 7.57. The van der Waals surface area contributed by atoms with Crippen LogP contribution in [-0.4, -0.2) is 29.5 Å². The molecule has 0 aliphatic heterocycles. The number of ether oxygens (including phenoxy) is 1. The van der Waals surface area contributed by atoms with Crippen LogP contribution in [0.15, 0.2) is 24.3 Å². The van der Waals surface area contributed by atoms with Crippen molar-refractivity contribution in [2.75, 3.05) is 18.5 Å². The molecule has 0 aromatic heterocycles. The molecule has 1 aromatic rings. The van der Waals surface area contributed by atoms with Gasteiger partial charge in [0.2, 0.25) is 0 Å². The van der Waals surface area contributed by atoms with Gasteiger partial charge in [0.25, 0.3) is 0 Å². The van der Waals surface area contributed by atoms with Gasteiger partial charge in [0.1, 0.15) is 5.75 Å². The zero-order valence-electron chi connectivity index (χ0n) is 10.8. The van der Waals surface area contributed by atoms with Gasteiger partial charge in [0.15, 0.2) is 5.11 Å². The summed E-state index contributed by atoms with van der Waals surface area (Å²) in [5.41, 5.74) is 0.892. The zero-order chi connectivity index (χ0) is 13.4. The molecule has 3 N–H and O–H groups in total. The molecule has 0 amide bonds. The maximum Gasteiger partial charge on any atom is 0.171 e. The Kier molecular flexibility index (Phi) is 6.46. The Hall–Kier alpha value is -1.33. The Morgan fingerprint density at radius 3 is 2.50 bits per heavy atom. The molecule has 18 heavy (non-hydrogen) atoms. The molecule has 0 spiro atoms. The SMILES string of the molecule is CCOc1ccc(NC(=S)N[C@@H](CC)CO)cc1. The van der Waals surface area contributed by atoms with Gasteiger partial charge >= 0.3 is 0 Å². The van der Waals surface area contributed by atoms with Crippen LogP contribution in [0.4, 0.5) is 5.69 Å². The number of anilines is 1. The second kappa shape index (κ2) is 7.89. The summed E-state index contributed by atoms with van der Waals surface area (Å²) >= 11 is 5.16. The lowest BCUT2D eigenvalue weighted by Crippen LogP contribution is -2.39. The number of hydrogen-bond acceptors (Lipinski definition) is 3. The van der Waals surface area contributed by atoms with E-state index in [0.29, 0.717) is 11.7 Å². The van der Waals surface area contributed by atoms with Crippen LogP contribution < -0.4 is 15.4 Å². The fourth-order valence-electron chi connectivity index (χ4n) is 1.43. The number of benzene rings is 1. The lowest BCUT2D eigenvalue weighted by Gasteiger charge is -2.17. The first-order chi connectivity index (χ1) is 8.69. The monoisotopic (exact) mass is 268 g/mol. The first kappa shape index (κ1) is 14.7. The van der Waals surface area contributed by atoms with E-state index in [-0.39, 0.29) is 12.6 Å². The van der Waals surface area contributed by atoms with Gasteiger partial charge in [0.05, 0.1) is 19.3 Å². The third-order valence-corrected chi connectivity index (χ3v) is 2.69. The summed E-state index contributed by atoms with van der Waals surface area (Å²) in [6.07, 6.45) is 0.821. The van der Waals surface area contributed by atoms with Crippen molar-refractivity contribution in [1.29, 1.82) is 0 Å². The highest BCUT2D eigenvalue weighted by molar-refractivity contribution is 7.80.